The molecule has 7 heteroatoms. The maximum Gasteiger partial charge on any atom is 0.305 e. The highest BCUT2D eigenvalue weighted by molar-refractivity contribution is 5.93. The minimum absolute atomic E-state index is 0.0544. The molecular weight excluding hydrogens is 303 g/mol. The van der Waals surface area contributed by atoms with E-state index in [-0.39, 0.29) is 18.3 Å². The number of ether oxygens (including phenoxy) is 1. The van der Waals surface area contributed by atoms with Gasteiger partial charge in [0.1, 0.15) is 5.75 Å². The van der Waals surface area contributed by atoms with Crippen molar-refractivity contribution in [2.75, 3.05) is 18.6 Å². The Labute approximate surface area is 132 Å². The quantitative estimate of drug-likeness (QED) is 0.627. The van der Waals surface area contributed by atoms with Gasteiger partial charge in [-0.3, -0.25) is 14.9 Å². The van der Waals surface area contributed by atoms with Crippen LogP contribution in [0.4, 0.5) is 15.8 Å². The van der Waals surface area contributed by atoms with Crippen LogP contribution in [0.15, 0.2) is 42.5 Å². The number of nitrogens with zero attached hydrogens (tertiary/aromatic N) is 2. The van der Waals surface area contributed by atoms with Crippen LogP contribution >= 0.6 is 0 Å². The van der Waals surface area contributed by atoms with Gasteiger partial charge in [-0.1, -0.05) is 17.7 Å². The fourth-order valence-electron chi connectivity index (χ4n) is 1.88. The van der Waals surface area contributed by atoms with Crippen molar-refractivity contribution in [1.82, 2.24) is 0 Å². The first kappa shape index (κ1) is 16.4. The summed E-state index contributed by atoms with van der Waals surface area (Å²) < 4.78 is 18.7. The SMILES string of the molecule is Cc1ccc(N(C)C(=O)COc2ccc([N+](=O)[O-])c(F)c2)cc1. The minimum Gasteiger partial charge on any atom is -0.484 e. The fourth-order valence-corrected chi connectivity index (χ4v) is 1.88. The number of nitro benzene ring substituents is 1. The second-order valence-electron chi connectivity index (χ2n) is 4.95. The van der Waals surface area contributed by atoms with E-state index in [2.05, 4.69) is 0 Å². The average molecular weight is 318 g/mol. The number of likely N-dealkylation sites (N-methyl/N-ethyl adjacent to an activating group) is 1. The van der Waals surface area contributed by atoms with Gasteiger partial charge in [0.05, 0.1) is 4.92 Å². The molecule has 0 aliphatic heterocycles. The number of hydrogen-bond acceptors (Lipinski definition) is 4. The van der Waals surface area contributed by atoms with E-state index >= 15 is 0 Å². The zero-order chi connectivity index (χ0) is 17.0. The number of anilines is 1. The Morgan fingerprint density at radius 2 is 1.91 bits per heavy atom. The summed E-state index contributed by atoms with van der Waals surface area (Å²) in [5.74, 6) is -1.28. The number of amides is 1. The molecule has 6 nitrogen and oxygen atoms in total. The summed E-state index contributed by atoms with van der Waals surface area (Å²) in [6.45, 7) is 1.64. The first-order valence-corrected chi connectivity index (χ1v) is 6.78. The van der Waals surface area contributed by atoms with E-state index < -0.39 is 16.4 Å². The summed E-state index contributed by atoms with van der Waals surface area (Å²) >= 11 is 0. The standard InChI is InChI=1S/C16H15FN2O4/c1-11-3-5-12(6-4-11)18(2)16(20)10-23-13-7-8-15(19(21)22)14(17)9-13/h3-9H,10H2,1-2H3. The Morgan fingerprint density at radius 3 is 2.48 bits per heavy atom. The van der Waals surface area contributed by atoms with Gasteiger partial charge in [0.2, 0.25) is 5.82 Å². The van der Waals surface area contributed by atoms with Crippen molar-refractivity contribution in [3.8, 4) is 5.75 Å². The van der Waals surface area contributed by atoms with Crippen LogP contribution in [0.2, 0.25) is 0 Å². The van der Waals surface area contributed by atoms with Gasteiger partial charge in [-0.05, 0) is 25.1 Å². The van der Waals surface area contributed by atoms with Crippen molar-refractivity contribution in [2.24, 2.45) is 0 Å². The topological polar surface area (TPSA) is 72.7 Å². The third kappa shape index (κ3) is 4.03. The Balaban J connectivity index is 2.00. The van der Waals surface area contributed by atoms with Crippen LogP contribution in [0, 0.1) is 22.9 Å². The molecule has 0 N–H and O–H groups in total. The van der Waals surface area contributed by atoms with Gasteiger partial charge >= 0.3 is 5.69 Å². The lowest BCUT2D eigenvalue weighted by Crippen LogP contribution is -2.31. The number of halogens is 1. The number of rotatable bonds is 5. The zero-order valence-corrected chi connectivity index (χ0v) is 12.7. The molecule has 0 bridgehead atoms. The third-order valence-corrected chi connectivity index (χ3v) is 3.27. The number of benzene rings is 2. The largest absolute Gasteiger partial charge is 0.484 e. The average Bonchev–Trinajstić information content (AvgIpc) is 2.52. The van der Waals surface area contributed by atoms with Gasteiger partial charge in [-0.15, -0.1) is 0 Å². The highest BCUT2D eigenvalue weighted by Crippen LogP contribution is 2.22. The predicted molar refractivity (Wildman–Crippen MR) is 83.1 cm³/mol. The van der Waals surface area contributed by atoms with E-state index in [4.69, 9.17) is 4.74 Å². The molecule has 0 aromatic heterocycles. The summed E-state index contributed by atoms with van der Waals surface area (Å²) in [6.07, 6.45) is 0. The van der Waals surface area contributed by atoms with E-state index in [0.29, 0.717) is 5.69 Å². The van der Waals surface area contributed by atoms with Crippen molar-refractivity contribution in [1.29, 1.82) is 0 Å². The van der Waals surface area contributed by atoms with Crippen molar-refractivity contribution >= 4 is 17.3 Å². The molecule has 120 valence electrons. The van der Waals surface area contributed by atoms with Gasteiger partial charge in [-0.25, -0.2) is 0 Å². The number of nitro groups is 1. The first-order valence-electron chi connectivity index (χ1n) is 6.78. The molecule has 0 heterocycles. The minimum atomic E-state index is -1.01. The second kappa shape index (κ2) is 6.87. The van der Waals surface area contributed by atoms with E-state index in [9.17, 15) is 19.3 Å². The molecule has 0 radical (unpaired) electrons. The molecule has 2 aromatic carbocycles. The van der Waals surface area contributed by atoms with Crippen LogP contribution in [0.25, 0.3) is 0 Å². The molecule has 0 saturated carbocycles. The molecule has 0 spiro atoms. The lowest BCUT2D eigenvalue weighted by atomic mass is 10.2. The zero-order valence-electron chi connectivity index (χ0n) is 12.7. The van der Waals surface area contributed by atoms with Crippen LogP contribution in [0.5, 0.6) is 5.75 Å². The summed E-state index contributed by atoms with van der Waals surface area (Å²) in [4.78, 5) is 23.2. The smallest absolute Gasteiger partial charge is 0.305 e. The lowest BCUT2D eigenvalue weighted by molar-refractivity contribution is -0.387. The Morgan fingerprint density at radius 1 is 1.26 bits per heavy atom. The number of carbonyl (C=O) groups excluding carboxylic acids is 1. The molecule has 0 saturated heterocycles. The number of carbonyl (C=O) groups is 1. The molecule has 0 atom stereocenters. The maximum atomic E-state index is 13.5. The molecule has 2 aromatic rings. The molecular formula is C16H15FN2O4. The summed E-state index contributed by atoms with van der Waals surface area (Å²) in [7, 11) is 1.60. The monoisotopic (exact) mass is 318 g/mol. The third-order valence-electron chi connectivity index (χ3n) is 3.27. The predicted octanol–water partition coefficient (Wildman–Crippen LogP) is 3.08. The Hall–Kier alpha value is -2.96. The van der Waals surface area contributed by atoms with Crippen molar-refractivity contribution in [2.45, 2.75) is 6.92 Å². The second-order valence-corrected chi connectivity index (χ2v) is 4.95. The van der Waals surface area contributed by atoms with Gasteiger partial charge in [0.15, 0.2) is 6.61 Å². The fraction of sp³-hybridized carbons (Fsp3) is 0.188. The summed E-state index contributed by atoms with van der Waals surface area (Å²) in [5, 5.41) is 10.5. The van der Waals surface area contributed by atoms with E-state index in [1.165, 1.54) is 11.0 Å². The molecule has 0 unspecified atom stereocenters. The molecule has 0 aliphatic carbocycles. The number of aryl methyl sites for hydroxylation is 1. The van der Waals surface area contributed by atoms with Gasteiger partial charge in [0.25, 0.3) is 5.91 Å². The van der Waals surface area contributed by atoms with Gasteiger partial charge in [0, 0.05) is 24.9 Å². The molecule has 0 fully saturated rings. The maximum absolute atomic E-state index is 13.5. The first-order chi connectivity index (χ1) is 10.9. The molecule has 2 rings (SSSR count). The van der Waals surface area contributed by atoms with E-state index in [1.54, 1.807) is 19.2 Å². The molecule has 1 amide bonds. The summed E-state index contributed by atoms with van der Waals surface area (Å²) in [6, 6.07) is 10.5. The molecule has 0 aliphatic rings. The summed E-state index contributed by atoms with van der Waals surface area (Å²) in [5.41, 5.74) is 1.15. The van der Waals surface area contributed by atoms with Gasteiger partial charge < -0.3 is 9.64 Å². The van der Waals surface area contributed by atoms with E-state index in [0.717, 1.165) is 17.7 Å². The Bertz CT molecular complexity index is 731. The highest BCUT2D eigenvalue weighted by atomic mass is 19.1. The van der Waals surface area contributed by atoms with Crippen molar-refractivity contribution < 1.29 is 18.8 Å². The van der Waals surface area contributed by atoms with Crippen molar-refractivity contribution in [3.63, 3.8) is 0 Å². The van der Waals surface area contributed by atoms with Crippen LogP contribution in [0.3, 0.4) is 0 Å². The number of hydrogen-bond donors (Lipinski definition) is 0. The van der Waals surface area contributed by atoms with Crippen LogP contribution < -0.4 is 9.64 Å². The van der Waals surface area contributed by atoms with E-state index in [1.807, 2.05) is 19.1 Å². The van der Waals surface area contributed by atoms with Crippen molar-refractivity contribution in [3.05, 3.63) is 64.0 Å². The normalized spacial score (nSPS) is 10.2. The molecule has 23 heavy (non-hydrogen) atoms. The van der Waals surface area contributed by atoms with Crippen LogP contribution in [-0.4, -0.2) is 24.5 Å². The van der Waals surface area contributed by atoms with Crippen LogP contribution in [0.1, 0.15) is 5.56 Å². The highest BCUT2D eigenvalue weighted by Gasteiger charge is 2.16. The van der Waals surface area contributed by atoms with Crippen LogP contribution in [-0.2, 0) is 4.79 Å². The lowest BCUT2D eigenvalue weighted by Gasteiger charge is -2.17. The van der Waals surface area contributed by atoms with Gasteiger partial charge in [-0.2, -0.15) is 4.39 Å². The Kier molecular flexibility index (Phi) is 4.90.